The van der Waals surface area contributed by atoms with Crippen LogP contribution in [0.1, 0.15) is 96.4 Å². The minimum absolute atomic E-state index is 0.0000324. The molecule has 3 saturated heterocycles. The van der Waals surface area contributed by atoms with Gasteiger partial charge in [0.05, 0.1) is 34.8 Å². The smallest absolute Gasteiger partial charge is 0.246 e. The number of piperazine rings is 1. The van der Waals surface area contributed by atoms with E-state index in [1.165, 1.54) is 4.90 Å². The second kappa shape index (κ2) is 25.3. The van der Waals surface area contributed by atoms with Gasteiger partial charge in [0.2, 0.25) is 23.6 Å². The van der Waals surface area contributed by atoms with Crippen molar-refractivity contribution in [3.63, 3.8) is 0 Å². The molecule has 5 unspecified atom stereocenters. The highest BCUT2D eigenvalue weighted by atomic mass is 32.1. The van der Waals surface area contributed by atoms with Gasteiger partial charge in [-0.1, -0.05) is 63.6 Å². The van der Waals surface area contributed by atoms with Crippen LogP contribution in [0.2, 0.25) is 0 Å². The number of anilines is 2. The van der Waals surface area contributed by atoms with Gasteiger partial charge in [0.15, 0.2) is 11.6 Å². The largest absolute Gasteiger partial charge is 0.507 e. The number of piperidine rings is 1. The van der Waals surface area contributed by atoms with Crippen LogP contribution in [0.4, 0.5) is 11.5 Å². The molecule has 406 valence electrons. The zero-order valence-electron chi connectivity index (χ0n) is 44.5. The first-order valence-corrected chi connectivity index (χ1v) is 27.5. The Morgan fingerprint density at radius 1 is 0.895 bits per heavy atom. The molecule has 0 aliphatic carbocycles. The van der Waals surface area contributed by atoms with E-state index in [4.69, 9.17) is 15.2 Å². The van der Waals surface area contributed by atoms with E-state index in [-0.39, 0.29) is 60.8 Å². The van der Waals surface area contributed by atoms with Crippen molar-refractivity contribution in [2.45, 2.75) is 116 Å². The van der Waals surface area contributed by atoms with Gasteiger partial charge in [-0.2, -0.15) is 0 Å². The number of aromatic hydroxyl groups is 1. The number of aromatic nitrogens is 3. The number of rotatable bonds is 20. The number of aryl methyl sites for hydroxylation is 1. The number of nitrogens with one attached hydrogen (secondary N) is 2. The van der Waals surface area contributed by atoms with E-state index in [0.29, 0.717) is 68.9 Å². The number of para-hydroxylation sites is 1. The first-order chi connectivity index (χ1) is 36.5. The molecule has 0 bridgehead atoms. The molecule has 2 aromatic heterocycles. The number of hydrogen-bond donors (Lipinski definition) is 5. The number of phenolic OH excluding ortho intramolecular Hbond substituents is 1. The average Bonchev–Trinajstić information content (AvgIpc) is 4.04. The van der Waals surface area contributed by atoms with E-state index in [9.17, 15) is 29.4 Å². The summed E-state index contributed by atoms with van der Waals surface area (Å²) in [6.45, 7) is 15.2. The zero-order chi connectivity index (χ0) is 53.9. The molecule has 3 aliphatic heterocycles. The van der Waals surface area contributed by atoms with Crippen molar-refractivity contribution >= 4 is 46.5 Å². The molecule has 5 heterocycles. The Hall–Kier alpha value is -6.83. The number of nitrogens with zero attached hydrogens (tertiary/aromatic N) is 7. The third-order valence-corrected chi connectivity index (χ3v) is 15.6. The summed E-state index contributed by atoms with van der Waals surface area (Å²) in [6, 6.07) is 22.6. The number of ether oxygens (including phenoxy) is 2. The molecule has 0 radical (unpaired) electrons. The van der Waals surface area contributed by atoms with Crippen LogP contribution in [-0.4, -0.2) is 147 Å². The fourth-order valence-electron chi connectivity index (χ4n) is 10.2. The molecule has 4 amide bonds. The summed E-state index contributed by atoms with van der Waals surface area (Å²) in [4.78, 5) is 67.7. The molecular weight excluding hydrogens is 985 g/mol. The van der Waals surface area contributed by atoms with Gasteiger partial charge < -0.3 is 50.8 Å². The summed E-state index contributed by atoms with van der Waals surface area (Å²) in [6.07, 6.45) is 3.47. The Morgan fingerprint density at radius 3 is 2.34 bits per heavy atom. The van der Waals surface area contributed by atoms with E-state index in [1.807, 2.05) is 87.5 Å². The highest BCUT2D eigenvalue weighted by Crippen LogP contribution is 2.34. The van der Waals surface area contributed by atoms with Gasteiger partial charge in [0.1, 0.15) is 42.0 Å². The Bertz CT molecular complexity index is 2760. The van der Waals surface area contributed by atoms with E-state index in [0.717, 1.165) is 72.2 Å². The minimum Gasteiger partial charge on any atom is -0.507 e. The molecule has 3 aliphatic rings. The normalized spacial score (nSPS) is 19.0. The summed E-state index contributed by atoms with van der Waals surface area (Å²) in [5, 5.41) is 35.2. The number of carbonyl (C=O) groups excluding carboxylic acids is 4. The summed E-state index contributed by atoms with van der Waals surface area (Å²) < 4.78 is 12.5. The van der Waals surface area contributed by atoms with Crippen molar-refractivity contribution in [2.24, 2.45) is 5.41 Å². The molecule has 5 atom stereocenters. The number of phenols is 1. The monoisotopic (exact) mass is 1060 g/mol. The lowest BCUT2D eigenvalue weighted by Gasteiger charge is -2.35. The molecule has 0 saturated carbocycles. The number of nitrogen functional groups attached to an aromatic ring is 1. The summed E-state index contributed by atoms with van der Waals surface area (Å²) in [5.74, 6) is 0.639. The molecule has 5 aromatic rings. The number of likely N-dealkylation sites (tertiary alicyclic amines) is 1. The van der Waals surface area contributed by atoms with Gasteiger partial charge in [-0.05, 0) is 92.5 Å². The van der Waals surface area contributed by atoms with Crippen molar-refractivity contribution in [1.29, 1.82) is 0 Å². The molecular formula is C57H74N10O8S. The standard InChI is InChI=1S/C57H74N10O8S/c1-37(39-17-19-40(20-18-39)52-38(2)59-36-76-52)60-55(72)47-32-42(68)34-67(47)56(73)53(57(3,4)5)61-50(70)15-7-6-8-16-51(71)65-28-26-64(27-29-65)30-31-74-43-23-21-41(22-24-43)66-25-11-12-44(35-66)75-49-33-46(62-63-54(49)58)45-13-9-10-14-48(45)69/h9-10,13-14,17-24,33,36-37,42,44,47,53,68-69H,6-8,11-12,15-16,25-32,34-35H2,1-5H3,(H2,58,63)(H,60,72)(H,61,70). The fraction of sp³-hybridized carbons (Fsp3) is 0.491. The van der Waals surface area contributed by atoms with Crippen LogP contribution in [0.3, 0.4) is 0 Å². The molecule has 3 aromatic carbocycles. The van der Waals surface area contributed by atoms with Crippen LogP contribution in [-0.2, 0) is 19.2 Å². The lowest BCUT2D eigenvalue weighted by molar-refractivity contribution is -0.144. The number of aliphatic hydroxyl groups is 1. The van der Waals surface area contributed by atoms with Gasteiger partial charge in [-0.25, -0.2) is 4.98 Å². The first-order valence-electron chi connectivity index (χ1n) is 26.7. The zero-order valence-corrected chi connectivity index (χ0v) is 45.3. The number of benzene rings is 3. The number of amides is 4. The second-order valence-corrected chi connectivity index (χ2v) is 22.2. The first kappa shape index (κ1) is 55.4. The maximum atomic E-state index is 14.2. The Balaban J connectivity index is 0.703. The second-order valence-electron chi connectivity index (χ2n) is 21.3. The van der Waals surface area contributed by atoms with Gasteiger partial charge >= 0.3 is 0 Å². The number of carbonyl (C=O) groups is 4. The van der Waals surface area contributed by atoms with Crippen molar-refractivity contribution in [3.05, 3.63) is 95.6 Å². The highest BCUT2D eigenvalue weighted by Gasteiger charge is 2.45. The number of nitrogens with two attached hydrogens (primary N) is 1. The Labute approximate surface area is 450 Å². The van der Waals surface area contributed by atoms with Crippen LogP contribution in [0.5, 0.6) is 17.2 Å². The fourth-order valence-corrected chi connectivity index (χ4v) is 11.0. The third-order valence-electron chi connectivity index (χ3n) is 14.6. The quantitative estimate of drug-likeness (QED) is 0.0508. The van der Waals surface area contributed by atoms with Crippen molar-refractivity contribution < 1.29 is 38.9 Å². The molecule has 0 spiro atoms. The van der Waals surface area contributed by atoms with E-state index in [2.05, 4.69) is 47.7 Å². The molecule has 19 heteroatoms. The Kier molecular flexibility index (Phi) is 18.5. The maximum Gasteiger partial charge on any atom is 0.246 e. The average molecular weight is 1060 g/mol. The number of aliphatic hydroxyl groups excluding tert-OH is 1. The lowest BCUT2D eigenvalue weighted by Crippen LogP contribution is -2.57. The van der Waals surface area contributed by atoms with E-state index >= 15 is 0 Å². The van der Waals surface area contributed by atoms with Crippen LogP contribution in [0.15, 0.2) is 84.4 Å². The molecule has 18 nitrogen and oxygen atoms in total. The predicted octanol–water partition coefficient (Wildman–Crippen LogP) is 6.75. The van der Waals surface area contributed by atoms with Gasteiger partial charge in [0.25, 0.3) is 0 Å². The van der Waals surface area contributed by atoms with Gasteiger partial charge in [0, 0.05) is 82.4 Å². The Morgan fingerprint density at radius 2 is 1.63 bits per heavy atom. The van der Waals surface area contributed by atoms with Crippen molar-refractivity contribution in [2.75, 3.05) is 69.6 Å². The van der Waals surface area contributed by atoms with Crippen LogP contribution < -0.4 is 30.7 Å². The lowest BCUT2D eigenvalue weighted by atomic mass is 9.85. The summed E-state index contributed by atoms with van der Waals surface area (Å²) in [7, 11) is 0. The molecule has 76 heavy (non-hydrogen) atoms. The maximum absolute atomic E-state index is 14.2. The van der Waals surface area contributed by atoms with Crippen LogP contribution in [0, 0.1) is 12.3 Å². The number of unbranched alkanes of at least 4 members (excludes halogenated alkanes) is 2. The third kappa shape index (κ3) is 14.3. The predicted molar refractivity (Wildman–Crippen MR) is 294 cm³/mol. The topological polar surface area (TPSA) is 229 Å². The van der Waals surface area contributed by atoms with Crippen LogP contribution >= 0.6 is 11.3 Å². The highest BCUT2D eigenvalue weighted by molar-refractivity contribution is 7.13. The van der Waals surface area contributed by atoms with Gasteiger partial charge in [-0.3, -0.25) is 24.1 Å². The van der Waals surface area contributed by atoms with Crippen molar-refractivity contribution in [3.8, 4) is 38.9 Å². The SMILES string of the molecule is Cc1ncsc1-c1ccc(C(C)NC(=O)C2CC(O)CN2C(=O)C(NC(=O)CCCCCC(=O)N2CCN(CCOc3ccc(N4CCCC(Oc5cc(-c6ccccc6O)nnc5N)C4)cc3)CC2)C(C)(C)C)cc1. The number of β-amino-alcohol motifs (C(OH)–C–C–N with tert-alkyl or cyclic N) is 1. The number of thiazole rings is 1. The molecule has 3 fully saturated rings. The molecule has 8 rings (SSSR count). The molecule has 6 N–H and O–H groups in total. The number of hydrogen-bond acceptors (Lipinski definition) is 15. The van der Waals surface area contributed by atoms with E-state index < -0.39 is 29.5 Å². The van der Waals surface area contributed by atoms with Crippen molar-refractivity contribution in [1.82, 2.24) is 40.5 Å². The van der Waals surface area contributed by atoms with E-state index in [1.54, 1.807) is 35.6 Å². The summed E-state index contributed by atoms with van der Waals surface area (Å²) >= 11 is 1.58. The van der Waals surface area contributed by atoms with Gasteiger partial charge in [-0.15, -0.1) is 21.5 Å². The van der Waals surface area contributed by atoms with Crippen LogP contribution in [0.25, 0.3) is 21.7 Å². The summed E-state index contributed by atoms with van der Waals surface area (Å²) in [5.41, 5.74) is 12.4. The minimum atomic E-state index is -0.909.